The van der Waals surface area contributed by atoms with E-state index >= 15 is 0 Å². The fourth-order valence-corrected chi connectivity index (χ4v) is 1.22. The number of carbonyl (C=O) groups is 1. The van der Waals surface area contributed by atoms with E-state index in [2.05, 4.69) is 6.58 Å². The maximum atomic E-state index is 11.4. The minimum atomic E-state index is -0.893. The Bertz CT molecular complexity index is 366. The van der Waals surface area contributed by atoms with Crippen LogP contribution in [0.3, 0.4) is 0 Å². The number of benzene rings is 1. The summed E-state index contributed by atoms with van der Waals surface area (Å²) in [4.78, 5) is 11.4. The van der Waals surface area contributed by atoms with Crippen molar-refractivity contribution in [2.45, 2.75) is 19.4 Å². The van der Waals surface area contributed by atoms with Crippen LogP contribution in [0.25, 0.3) is 0 Å². The molecule has 0 fully saturated rings. The van der Waals surface area contributed by atoms with E-state index in [4.69, 9.17) is 16.3 Å². The van der Waals surface area contributed by atoms with Crippen molar-refractivity contribution < 1.29 is 9.53 Å². The van der Waals surface area contributed by atoms with Crippen molar-refractivity contribution in [1.29, 1.82) is 0 Å². The molecule has 1 aromatic carbocycles. The van der Waals surface area contributed by atoms with Gasteiger partial charge < -0.3 is 4.74 Å². The van der Waals surface area contributed by atoms with Crippen LogP contribution in [0, 0.1) is 0 Å². The van der Waals surface area contributed by atoms with E-state index in [-0.39, 0.29) is 5.78 Å². The lowest BCUT2D eigenvalue weighted by atomic mass is 10.0. The predicted molar refractivity (Wildman–Crippen MR) is 61.4 cm³/mol. The lowest BCUT2D eigenvalue weighted by Crippen LogP contribution is -2.36. The van der Waals surface area contributed by atoms with Crippen molar-refractivity contribution in [3.05, 3.63) is 41.9 Å². The van der Waals surface area contributed by atoms with Gasteiger partial charge in [-0.2, -0.15) is 0 Å². The molecule has 80 valence electrons. The molecule has 0 saturated carbocycles. The van der Waals surface area contributed by atoms with Crippen molar-refractivity contribution in [2.24, 2.45) is 0 Å². The van der Waals surface area contributed by atoms with Crippen molar-refractivity contribution >= 4 is 17.4 Å². The minimum Gasteiger partial charge on any atom is -0.480 e. The van der Waals surface area contributed by atoms with Gasteiger partial charge in [-0.05, 0) is 44.2 Å². The lowest BCUT2D eigenvalue weighted by molar-refractivity contribution is -0.126. The zero-order valence-corrected chi connectivity index (χ0v) is 9.54. The quantitative estimate of drug-likeness (QED) is 0.734. The zero-order chi connectivity index (χ0) is 11.5. The van der Waals surface area contributed by atoms with E-state index < -0.39 is 5.60 Å². The van der Waals surface area contributed by atoms with Crippen LogP contribution in [0.5, 0.6) is 5.75 Å². The molecule has 0 saturated heterocycles. The largest absolute Gasteiger partial charge is 0.480 e. The van der Waals surface area contributed by atoms with Crippen LogP contribution in [0.2, 0.25) is 5.02 Å². The molecule has 0 N–H and O–H groups in total. The predicted octanol–water partition coefficient (Wildman–Crippen LogP) is 3.25. The van der Waals surface area contributed by atoms with Gasteiger partial charge in [-0.1, -0.05) is 18.2 Å². The highest BCUT2D eigenvalue weighted by Gasteiger charge is 2.26. The first-order valence-corrected chi connectivity index (χ1v) is 4.95. The van der Waals surface area contributed by atoms with Crippen molar-refractivity contribution in [2.75, 3.05) is 0 Å². The minimum absolute atomic E-state index is 0.155. The van der Waals surface area contributed by atoms with Crippen LogP contribution in [0.15, 0.2) is 36.9 Å². The molecule has 0 atom stereocenters. The van der Waals surface area contributed by atoms with Gasteiger partial charge in [0.25, 0.3) is 0 Å². The maximum absolute atomic E-state index is 11.4. The molecule has 0 bridgehead atoms. The molecule has 1 aromatic rings. The molecule has 0 radical (unpaired) electrons. The Morgan fingerprint density at radius 1 is 1.40 bits per heavy atom. The van der Waals surface area contributed by atoms with E-state index in [1.165, 1.54) is 6.08 Å². The molecule has 0 spiro atoms. The molecule has 0 aliphatic rings. The zero-order valence-electron chi connectivity index (χ0n) is 8.79. The normalized spacial score (nSPS) is 10.9. The Morgan fingerprint density at radius 2 is 1.93 bits per heavy atom. The number of ketones is 1. The van der Waals surface area contributed by atoms with Crippen LogP contribution in [-0.2, 0) is 4.79 Å². The molecule has 0 aromatic heterocycles. The van der Waals surface area contributed by atoms with Gasteiger partial charge in [-0.15, -0.1) is 0 Å². The van der Waals surface area contributed by atoms with Crippen molar-refractivity contribution in [3.8, 4) is 5.75 Å². The first-order valence-electron chi connectivity index (χ1n) is 4.57. The molecule has 15 heavy (non-hydrogen) atoms. The first kappa shape index (κ1) is 11.8. The molecular formula is C12H13ClO2. The molecule has 1 rings (SSSR count). The smallest absolute Gasteiger partial charge is 0.198 e. The van der Waals surface area contributed by atoms with Gasteiger partial charge in [-0.3, -0.25) is 4.79 Å². The number of rotatable bonds is 4. The van der Waals surface area contributed by atoms with Gasteiger partial charge in [0.1, 0.15) is 5.75 Å². The summed E-state index contributed by atoms with van der Waals surface area (Å²) in [6.45, 7) is 6.83. The summed E-state index contributed by atoms with van der Waals surface area (Å²) in [5.41, 5.74) is -0.893. The third-order valence-corrected chi connectivity index (χ3v) is 2.22. The van der Waals surface area contributed by atoms with Gasteiger partial charge in [0, 0.05) is 5.02 Å². The molecule has 0 amide bonds. The average Bonchev–Trinajstić information content (AvgIpc) is 2.20. The Hall–Kier alpha value is -1.28. The van der Waals surface area contributed by atoms with E-state index in [1.807, 2.05) is 0 Å². The molecule has 3 heteroatoms. The number of ether oxygens (including phenoxy) is 1. The third kappa shape index (κ3) is 3.10. The first-order chi connectivity index (χ1) is 6.95. The summed E-state index contributed by atoms with van der Waals surface area (Å²) in [5.74, 6) is 0.456. The van der Waals surface area contributed by atoms with Crippen LogP contribution >= 0.6 is 11.6 Å². The standard InChI is InChI=1S/C12H13ClO2/c1-4-11(14)12(2,3)15-10-7-5-9(13)6-8-10/h4-8H,1H2,2-3H3. The number of halogens is 1. The molecular weight excluding hydrogens is 212 g/mol. The fourth-order valence-electron chi connectivity index (χ4n) is 1.09. The van der Waals surface area contributed by atoms with Gasteiger partial charge in [0.15, 0.2) is 11.4 Å². The average molecular weight is 225 g/mol. The SMILES string of the molecule is C=CC(=O)C(C)(C)Oc1ccc(Cl)cc1. The van der Waals surface area contributed by atoms with Gasteiger partial charge in [-0.25, -0.2) is 0 Å². The summed E-state index contributed by atoms with van der Waals surface area (Å²) in [6, 6.07) is 6.87. The molecule has 2 nitrogen and oxygen atoms in total. The second kappa shape index (κ2) is 4.49. The second-order valence-electron chi connectivity index (χ2n) is 3.63. The van der Waals surface area contributed by atoms with Gasteiger partial charge in [0.05, 0.1) is 0 Å². The van der Waals surface area contributed by atoms with E-state index in [9.17, 15) is 4.79 Å². The number of hydrogen-bond donors (Lipinski definition) is 0. The molecule has 0 aliphatic carbocycles. The molecule has 0 heterocycles. The highest BCUT2D eigenvalue weighted by molar-refractivity contribution is 6.30. The monoisotopic (exact) mass is 224 g/mol. The van der Waals surface area contributed by atoms with Gasteiger partial charge in [0.2, 0.25) is 0 Å². The summed E-state index contributed by atoms with van der Waals surface area (Å²) >= 11 is 5.73. The number of hydrogen-bond acceptors (Lipinski definition) is 2. The van der Waals surface area contributed by atoms with E-state index in [1.54, 1.807) is 38.1 Å². The summed E-state index contributed by atoms with van der Waals surface area (Å²) in [5, 5.41) is 0.634. The van der Waals surface area contributed by atoms with Crippen molar-refractivity contribution in [1.82, 2.24) is 0 Å². The molecule has 0 aliphatic heterocycles. The third-order valence-electron chi connectivity index (χ3n) is 1.97. The van der Waals surface area contributed by atoms with Crippen LogP contribution in [0.1, 0.15) is 13.8 Å². The Kier molecular flexibility index (Phi) is 3.53. The fraction of sp³-hybridized carbons (Fsp3) is 0.250. The summed E-state index contributed by atoms with van der Waals surface area (Å²) in [7, 11) is 0. The van der Waals surface area contributed by atoms with Crippen LogP contribution < -0.4 is 4.74 Å². The molecule has 0 unspecified atom stereocenters. The second-order valence-corrected chi connectivity index (χ2v) is 4.07. The Morgan fingerprint density at radius 3 is 2.40 bits per heavy atom. The maximum Gasteiger partial charge on any atom is 0.198 e. The van der Waals surface area contributed by atoms with Crippen LogP contribution in [0.4, 0.5) is 0 Å². The highest BCUT2D eigenvalue weighted by Crippen LogP contribution is 2.21. The highest BCUT2D eigenvalue weighted by atomic mass is 35.5. The van der Waals surface area contributed by atoms with Crippen molar-refractivity contribution in [3.63, 3.8) is 0 Å². The van der Waals surface area contributed by atoms with Crippen LogP contribution in [-0.4, -0.2) is 11.4 Å². The Balaban J connectivity index is 2.81. The lowest BCUT2D eigenvalue weighted by Gasteiger charge is -2.23. The summed E-state index contributed by atoms with van der Waals surface area (Å²) < 4.78 is 5.53. The Labute approximate surface area is 94.5 Å². The number of carbonyl (C=O) groups excluding carboxylic acids is 1. The van der Waals surface area contributed by atoms with Gasteiger partial charge >= 0.3 is 0 Å². The van der Waals surface area contributed by atoms with E-state index in [0.29, 0.717) is 10.8 Å². The topological polar surface area (TPSA) is 26.3 Å². The summed E-state index contributed by atoms with van der Waals surface area (Å²) in [6.07, 6.45) is 1.26. The van der Waals surface area contributed by atoms with E-state index in [0.717, 1.165) is 0 Å².